The summed E-state index contributed by atoms with van der Waals surface area (Å²) in [5.41, 5.74) is -9.09. The van der Waals surface area contributed by atoms with E-state index in [2.05, 4.69) is 15.5 Å². The number of benzene rings is 3. The fourth-order valence-corrected chi connectivity index (χ4v) is 6.36. The van der Waals surface area contributed by atoms with Gasteiger partial charge in [0.25, 0.3) is 5.91 Å². The molecule has 1 aliphatic rings. The first kappa shape index (κ1) is 42.1. The van der Waals surface area contributed by atoms with Gasteiger partial charge in [0.1, 0.15) is 6.04 Å². The Labute approximate surface area is 306 Å². The molecule has 2 atom stereocenters. The van der Waals surface area contributed by atoms with E-state index in [1.54, 1.807) is 22.6 Å². The summed E-state index contributed by atoms with van der Waals surface area (Å²) in [5, 5.41) is 10.3. The molecule has 0 unspecified atom stereocenters. The molecular formula is C29H25F7IN5O9P2. The van der Waals surface area contributed by atoms with Gasteiger partial charge in [-0.05, 0) is 58.3 Å². The number of nitrogens with two attached hydrogens (primary N) is 1. The van der Waals surface area contributed by atoms with Gasteiger partial charge in [-0.1, -0.05) is 48.5 Å². The van der Waals surface area contributed by atoms with Crippen molar-refractivity contribution in [2.75, 3.05) is 0 Å². The molecule has 0 radical (unpaired) electrons. The molecule has 3 aromatic rings. The molecule has 0 saturated heterocycles. The first-order chi connectivity index (χ1) is 24.2. The zero-order valence-electron chi connectivity index (χ0n) is 26.1. The van der Waals surface area contributed by atoms with Crippen LogP contribution in [0.5, 0.6) is 0 Å². The molecule has 8 N–H and O–H groups in total. The number of amides is 3. The van der Waals surface area contributed by atoms with Gasteiger partial charge >= 0.3 is 38.4 Å². The van der Waals surface area contributed by atoms with E-state index in [1.807, 2.05) is 5.32 Å². The Balaban J connectivity index is 1.57. The van der Waals surface area contributed by atoms with Crippen LogP contribution >= 0.6 is 37.8 Å². The van der Waals surface area contributed by atoms with Crippen molar-refractivity contribution < 1.29 is 73.8 Å². The summed E-state index contributed by atoms with van der Waals surface area (Å²) >= 11 is 1.62. The van der Waals surface area contributed by atoms with Crippen LogP contribution in [-0.2, 0) is 48.6 Å². The number of rotatable bonds is 13. The minimum absolute atomic E-state index is 0.00501. The van der Waals surface area contributed by atoms with Gasteiger partial charge in [0.15, 0.2) is 0 Å². The Kier molecular flexibility index (Phi) is 11.8. The maximum atomic E-state index is 14.2. The summed E-state index contributed by atoms with van der Waals surface area (Å²) in [7, 11) is -11.8. The summed E-state index contributed by atoms with van der Waals surface area (Å²) in [4.78, 5) is 75.4. The van der Waals surface area contributed by atoms with Crippen molar-refractivity contribution in [2.24, 2.45) is 16.0 Å². The highest BCUT2D eigenvalue weighted by molar-refractivity contribution is 14.1. The van der Waals surface area contributed by atoms with E-state index in [0.29, 0.717) is 24.3 Å². The quantitative estimate of drug-likeness (QED) is 0.0721. The molecule has 24 heteroatoms. The summed E-state index contributed by atoms with van der Waals surface area (Å²) in [6.45, 7) is 0. The first-order valence-electron chi connectivity index (χ1n) is 14.5. The van der Waals surface area contributed by atoms with Crippen molar-refractivity contribution in [2.45, 2.75) is 48.1 Å². The smallest absolute Gasteiger partial charge is 0.340 e. The van der Waals surface area contributed by atoms with Crippen LogP contribution in [0.4, 0.5) is 30.7 Å². The lowest BCUT2D eigenvalue weighted by molar-refractivity contribution is -0.166. The molecule has 0 aromatic heterocycles. The van der Waals surface area contributed by atoms with E-state index in [9.17, 15) is 54.2 Å². The Morgan fingerprint density at radius 3 is 1.62 bits per heavy atom. The molecule has 3 aromatic carbocycles. The highest BCUT2D eigenvalue weighted by atomic mass is 127. The molecule has 0 fully saturated rings. The van der Waals surface area contributed by atoms with E-state index in [0.717, 1.165) is 42.5 Å². The van der Waals surface area contributed by atoms with Crippen molar-refractivity contribution >= 4 is 55.5 Å². The van der Waals surface area contributed by atoms with Gasteiger partial charge in [-0.15, -0.1) is 10.2 Å². The lowest BCUT2D eigenvalue weighted by atomic mass is 9.99. The van der Waals surface area contributed by atoms with Gasteiger partial charge in [0.2, 0.25) is 11.8 Å². The van der Waals surface area contributed by atoms with Crippen LogP contribution in [0.3, 0.4) is 0 Å². The molecule has 4 rings (SSSR count). The first-order valence-corrected chi connectivity index (χ1v) is 18.8. The lowest BCUT2D eigenvalue weighted by Crippen LogP contribution is -2.53. The monoisotopic (exact) mass is 909 g/mol. The second-order valence-electron chi connectivity index (χ2n) is 11.6. The summed E-state index contributed by atoms with van der Waals surface area (Å²) in [6.07, 6.45) is -5.94. The van der Waals surface area contributed by atoms with Crippen LogP contribution in [0, 0.1) is 3.57 Å². The fourth-order valence-electron chi connectivity index (χ4n) is 4.72. The molecule has 0 spiro atoms. The van der Waals surface area contributed by atoms with Gasteiger partial charge < -0.3 is 30.6 Å². The Hall–Kier alpha value is -3.63. The normalized spacial score (nSPS) is 15.7. The van der Waals surface area contributed by atoms with Crippen LogP contribution < -0.4 is 16.4 Å². The Morgan fingerprint density at radius 2 is 1.21 bits per heavy atom. The highest BCUT2D eigenvalue weighted by Crippen LogP contribution is 2.60. The molecule has 1 aliphatic heterocycles. The maximum Gasteiger partial charge on any atom is 0.442 e. The van der Waals surface area contributed by atoms with Crippen LogP contribution in [0.15, 0.2) is 77.0 Å². The fraction of sp³-hybridized carbons (Fsp3) is 0.276. The predicted molar refractivity (Wildman–Crippen MR) is 176 cm³/mol. The third-order valence-corrected chi connectivity index (χ3v) is 10.3. The van der Waals surface area contributed by atoms with E-state index in [1.165, 1.54) is 0 Å². The molecule has 0 saturated carbocycles. The van der Waals surface area contributed by atoms with Gasteiger partial charge in [-0.3, -0.25) is 28.8 Å². The molecule has 0 bridgehead atoms. The number of imide groups is 1. The van der Waals surface area contributed by atoms with E-state index < -0.39 is 103 Å². The number of alkyl halides is 7. The Morgan fingerprint density at radius 1 is 0.755 bits per heavy atom. The molecule has 0 aliphatic carbocycles. The molecule has 53 heavy (non-hydrogen) atoms. The van der Waals surface area contributed by atoms with Gasteiger partial charge in [-0.2, -0.15) is 30.7 Å². The SMILES string of the molecule is N[C@@H](Cc1ccc(C(F)(F)P(=O)(O)O)cc1)C(=O)NC(=O)[C@H](Cc1ccc(C(F)(F)P(=O)(O)O)cc1)NC(=O)c1cc(I)cc(C2(C(F)(F)F)N=N2)c1. The minimum Gasteiger partial charge on any atom is -0.340 e. The van der Waals surface area contributed by atoms with Gasteiger partial charge in [-0.25, -0.2) is 0 Å². The van der Waals surface area contributed by atoms with Crippen LogP contribution in [0.25, 0.3) is 0 Å². The number of carbonyl (C=O) groups excluding carboxylic acids is 3. The van der Waals surface area contributed by atoms with Crippen LogP contribution in [-0.4, -0.2) is 55.6 Å². The third-order valence-electron chi connectivity index (χ3n) is 7.69. The number of nitrogens with zero attached hydrogens (tertiary/aromatic N) is 2. The topological polar surface area (TPSA) is 241 Å². The van der Waals surface area contributed by atoms with Crippen LogP contribution in [0.1, 0.15) is 38.2 Å². The summed E-state index contributed by atoms with van der Waals surface area (Å²) < 4.78 is 120. The Bertz CT molecular complexity index is 2040. The van der Waals surface area contributed by atoms with Crippen molar-refractivity contribution in [1.82, 2.24) is 10.6 Å². The second-order valence-corrected chi connectivity index (χ2v) is 16.1. The third kappa shape index (κ3) is 9.19. The van der Waals surface area contributed by atoms with Crippen molar-refractivity contribution in [1.29, 1.82) is 0 Å². The number of nitrogens with one attached hydrogen (secondary N) is 2. The van der Waals surface area contributed by atoms with E-state index >= 15 is 0 Å². The number of hydrogen-bond acceptors (Lipinski definition) is 8. The highest BCUT2D eigenvalue weighted by Gasteiger charge is 2.65. The average molecular weight is 909 g/mol. The predicted octanol–water partition coefficient (Wildman–Crippen LogP) is 4.48. The average Bonchev–Trinajstić information content (AvgIpc) is 3.86. The maximum absolute atomic E-state index is 14.2. The summed E-state index contributed by atoms with van der Waals surface area (Å²) in [6, 6.07) is 6.23. The molecule has 14 nitrogen and oxygen atoms in total. The molecule has 1 heterocycles. The zero-order chi connectivity index (χ0) is 39.9. The summed E-state index contributed by atoms with van der Waals surface area (Å²) in [5.74, 6) is -3.59. The minimum atomic E-state index is -5.95. The van der Waals surface area contributed by atoms with Gasteiger partial charge in [0, 0.05) is 32.2 Å². The van der Waals surface area contributed by atoms with Crippen molar-refractivity contribution in [3.05, 3.63) is 104 Å². The molecule has 286 valence electrons. The number of carbonyl (C=O) groups is 3. The van der Waals surface area contributed by atoms with Gasteiger partial charge in [0.05, 0.1) is 6.04 Å². The zero-order valence-corrected chi connectivity index (χ0v) is 30.1. The second kappa shape index (κ2) is 14.9. The number of hydrogen-bond donors (Lipinski definition) is 7. The van der Waals surface area contributed by atoms with E-state index in [-0.39, 0.29) is 14.7 Å². The van der Waals surface area contributed by atoms with Crippen molar-refractivity contribution in [3.8, 4) is 0 Å². The lowest BCUT2D eigenvalue weighted by Gasteiger charge is -2.21. The molecule has 3 amide bonds. The standard InChI is InChI=1S/C29H25F7IN5O9P2/c30-27(31,52(46,47)48)17-5-1-14(2-6-17)9-21(38)24(44)40-25(45)22(10-15-3-7-18(8-4-15)28(32,33)53(49,50)51)39-23(43)16-11-19(13-20(37)12-16)26(41-42-26)29(34,35)36/h1-8,11-13,21-22H,9-10,38H2,(H,39,43)(H,40,44,45)(H2,46,47,48)(H2,49,50,51)/t21-,22-/m0/s1. The largest absolute Gasteiger partial charge is 0.442 e. The van der Waals surface area contributed by atoms with Crippen LogP contribution in [0.2, 0.25) is 0 Å². The number of halogens is 8. The molecular weight excluding hydrogens is 884 g/mol. The van der Waals surface area contributed by atoms with E-state index in [4.69, 9.17) is 25.3 Å². The van der Waals surface area contributed by atoms with Crippen molar-refractivity contribution in [3.63, 3.8) is 0 Å².